The lowest BCUT2D eigenvalue weighted by Gasteiger charge is -2.32. The van der Waals surface area contributed by atoms with Crippen LogP contribution >= 0.6 is 0 Å². The van der Waals surface area contributed by atoms with E-state index in [0.29, 0.717) is 17.2 Å². The highest BCUT2D eigenvalue weighted by Crippen LogP contribution is 2.21. The van der Waals surface area contributed by atoms with Crippen molar-refractivity contribution in [2.24, 2.45) is 5.92 Å². The molecule has 2 amide bonds. The Bertz CT molecular complexity index is 838. The number of halogens is 1. The highest BCUT2D eigenvalue weighted by atomic mass is 19.1. The molecule has 0 aromatic heterocycles. The highest BCUT2D eigenvalue weighted by molar-refractivity contribution is 5.97. The number of anilines is 1. The highest BCUT2D eigenvalue weighted by Gasteiger charge is 2.24. The molecule has 2 aromatic carbocycles. The quantitative estimate of drug-likeness (QED) is 0.773. The van der Waals surface area contributed by atoms with E-state index < -0.39 is 0 Å². The van der Waals surface area contributed by atoms with Gasteiger partial charge in [0.25, 0.3) is 0 Å². The van der Waals surface area contributed by atoms with Crippen LogP contribution in [-0.2, 0) is 6.42 Å². The Hall–Kier alpha value is -2.73. The van der Waals surface area contributed by atoms with E-state index in [1.54, 1.807) is 31.3 Å². The van der Waals surface area contributed by atoms with Crippen LogP contribution in [-0.4, -0.2) is 31.6 Å². The monoisotopic (exact) mass is 383 g/mol. The van der Waals surface area contributed by atoms with E-state index in [0.717, 1.165) is 31.4 Å². The summed E-state index contributed by atoms with van der Waals surface area (Å²) in [6.45, 7) is 2.33. The standard InChI is InChI=1S/C22H26FN3O2/c1-15(27)18-4-3-5-20(14-18)26(2)22(28)25-21-13-17(10-11-24-21)12-16-6-8-19(23)9-7-16/h3-9,14,17,21,24H,10-13H2,1-2H3,(H,25,28)/t17-,21+/m0/s1. The molecule has 1 saturated heterocycles. The topological polar surface area (TPSA) is 61.4 Å². The molecule has 2 atom stereocenters. The van der Waals surface area contributed by atoms with Crippen molar-refractivity contribution in [3.8, 4) is 0 Å². The van der Waals surface area contributed by atoms with Crippen LogP contribution in [0.25, 0.3) is 0 Å². The second-order valence-corrected chi connectivity index (χ2v) is 7.34. The molecule has 1 aliphatic heterocycles. The smallest absolute Gasteiger partial charge is 0.322 e. The van der Waals surface area contributed by atoms with Crippen molar-refractivity contribution in [2.45, 2.75) is 32.4 Å². The van der Waals surface area contributed by atoms with Crippen molar-refractivity contribution in [2.75, 3.05) is 18.5 Å². The third-order valence-corrected chi connectivity index (χ3v) is 5.19. The number of benzene rings is 2. The van der Waals surface area contributed by atoms with Gasteiger partial charge in [-0.3, -0.25) is 15.0 Å². The zero-order valence-electron chi connectivity index (χ0n) is 16.2. The minimum Gasteiger partial charge on any atom is -0.322 e. The number of piperidine rings is 1. The molecule has 0 bridgehead atoms. The van der Waals surface area contributed by atoms with Gasteiger partial charge in [-0.05, 0) is 68.5 Å². The van der Waals surface area contributed by atoms with Crippen LogP contribution in [0.3, 0.4) is 0 Å². The number of ketones is 1. The third-order valence-electron chi connectivity index (χ3n) is 5.19. The van der Waals surface area contributed by atoms with Crippen LogP contribution < -0.4 is 15.5 Å². The van der Waals surface area contributed by atoms with Crippen molar-refractivity contribution in [3.63, 3.8) is 0 Å². The fraction of sp³-hybridized carbons (Fsp3) is 0.364. The third kappa shape index (κ3) is 5.16. The Morgan fingerprint density at radius 1 is 1.21 bits per heavy atom. The van der Waals surface area contributed by atoms with Crippen LogP contribution in [0.1, 0.15) is 35.7 Å². The van der Waals surface area contributed by atoms with Crippen LogP contribution in [0.2, 0.25) is 0 Å². The lowest BCUT2D eigenvalue weighted by Crippen LogP contribution is -2.53. The Morgan fingerprint density at radius 2 is 1.96 bits per heavy atom. The van der Waals surface area contributed by atoms with Crippen LogP contribution in [0.15, 0.2) is 48.5 Å². The predicted octanol–water partition coefficient (Wildman–Crippen LogP) is 3.74. The Kier molecular flexibility index (Phi) is 6.41. The van der Waals surface area contributed by atoms with Gasteiger partial charge in [0.15, 0.2) is 5.78 Å². The molecular formula is C22H26FN3O2. The first kappa shape index (κ1) is 20.0. The number of Topliss-reactive ketones (excluding diaryl/α,β-unsaturated/α-hetero) is 1. The fourth-order valence-corrected chi connectivity index (χ4v) is 3.54. The van der Waals surface area contributed by atoms with Crippen molar-refractivity contribution in [1.82, 2.24) is 10.6 Å². The average molecular weight is 383 g/mol. The molecule has 2 aromatic rings. The van der Waals surface area contributed by atoms with E-state index in [2.05, 4.69) is 10.6 Å². The molecule has 5 nitrogen and oxygen atoms in total. The number of carbonyl (C=O) groups excluding carboxylic acids is 2. The van der Waals surface area contributed by atoms with Gasteiger partial charge in [0.05, 0.1) is 6.17 Å². The largest absolute Gasteiger partial charge is 0.322 e. The summed E-state index contributed by atoms with van der Waals surface area (Å²) < 4.78 is 13.1. The van der Waals surface area contributed by atoms with E-state index in [-0.39, 0.29) is 23.8 Å². The second kappa shape index (κ2) is 8.97. The summed E-state index contributed by atoms with van der Waals surface area (Å²) in [5.74, 6) is 0.160. The van der Waals surface area contributed by atoms with Gasteiger partial charge in [-0.2, -0.15) is 0 Å². The maximum Gasteiger partial charge on any atom is 0.322 e. The maximum atomic E-state index is 13.1. The molecule has 1 fully saturated rings. The first-order chi connectivity index (χ1) is 13.4. The Labute approximate surface area is 164 Å². The number of rotatable bonds is 5. The van der Waals surface area contributed by atoms with Gasteiger partial charge >= 0.3 is 6.03 Å². The fourth-order valence-electron chi connectivity index (χ4n) is 3.54. The SMILES string of the molecule is CC(=O)c1cccc(N(C)C(=O)N[C@@H]2C[C@H](Cc3ccc(F)cc3)CCN2)c1. The molecule has 28 heavy (non-hydrogen) atoms. The number of nitrogens with zero attached hydrogens (tertiary/aromatic N) is 1. The van der Waals surface area contributed by atoms with Gasteiger partial charge < -0.3 is 5.32 Å². The molecule has 148 valence electrons. The zero-order valence-corrected chi connectivity index (χ0v) is 16.2. The van der Waals surface area contributed by atoms with E-state index in [1.165, 1.54) is 24.0 Å². The van der Waals surface area contributed by atoms with Crippen molar-refractivity contribution in [1.29, 1.82) is 0 Å². The minimum absolute atomic E-state index is 0.0340. The Morgan fingerprint density at radius 3 is 2.68 bits per heavy atom. The summed E-state index contributed by atoms with van der Waals surface area (Å²) in [4.78, 5) is 25.7. The van der Waals surface area contributed by atoms with Crippen LogP contribution in [0.4, 0.5) is 14.9 Å². The number of hydrogen-bond donors (Lipinski definition) is 2. The van der Waals surface area contributed by atoms with Crippen molar-refractivity contribution in [3.05, 3.63) is 65.5 Å². The number of carbonyl (C=O) groups is 2. The summed E-state index contributed by atoms with van der Waals surface area (Å²) in [5, 5.41) is 6.36. The predicted molar refractivity (Wildman–Crippen MR) is 108 cm³/mol. The van der Waals surface area contributed by atoms with Gasteiger partial charge in [0, 0.05) is 18.3 Å². The second-order valence-electron chi connectivity index (χ2n) is 7.34. The molecule has 1 heterocycles. The molecule has 6 heteroatoms. The van der Waals surface area contributed by atoms with E-state index in [4.69, 9.17) is 0 Å². The summed E-state index contributed by atoms with van der Waals surface area (Å²) in [6.07, 6.45) is 2.57. The van der Waals surface area contributed by atoms with Crippen LogP contribution in [0.5, 0.6) is 0 Å². The number of amides is 2. The minimum atomic E-state index is -0.226. The molecule has 0 aliphatic carbocycles. The normalized spacial score (nSPS) is 19.1. The lowest BCUT2D eigenvalue weighted by molar-refractivity contribution is 0.101. The van der Waals surface area contributed by atoms with Gasteiger partial charge in [0.2, 0.25) is 0 Å². The summed E-state index contributed by atoms with van der Waals surface area (Å²) in [5.41, 5.74) is 2.35. The maximum absolute atomic E-state index is 13.1. The number of hydrogen-bond acceptors (Lipinski definition) is 3. The summed E-state index contributed by atoms with van der Waals surface area (Å²) in [6, 6.07) is 13.4. The first-order valence-electron chi connectivity index (χ1n) is 9.55. The van der Waals surface area contributed by atoms with Gasteiger partial charge in [0.1, 0.15) is 5.82 Å². The molecule has 2 N–H and O–H groups in total. The molecule has 3 rings (SSSR count). The van der Waals surface area contributed by atoms with Gasteiger partial charge in [-0.25, -0.2) is 9.18 Å². The summed E-state index contributed by atoms with van der Waals surface area (Å²) >= 11 is 0. The number of urea groups is 1. The van der Waals surface area contributed by atoms with E-state index in [9.17, 15) is 14.0 Å². The van der Waals surface area contributed by atoms with Crippen molar-refractivity contribution < 1.29 is 14.0 Å². The van der Waals surface area contributed by atoms with E-state index >= 15 is 0 Å². The first-order valence-corrected chi connectivity index (χ1v) is 9.55. The molecule has 0 spiro atoms. The lowest BCUT2D eigenvalue weighted by atomic mass is 9.89. The van der Waals surface area contributed by atoms with Crippen LogP contribution in [0, 0.1) is 11.7 Å². The zero-order chi connectivity index (χ0) is 20.1. The Balaban J connectivity index is 1.58. The molecule has 0 unspecified atom stereocenters. The molecule has 0 radical (unpaired) electrons. The van der Waals surface area contributed by atoms with E-state index in [1.807, 2.05) is 12.1 Å². The molecular weight excluding hydrogens is 357 g/mol. The van der Waals surface area contributed by atoms with Crippen molar-refractivity contribution >= 4 is 17.5 Å². The van der Waals surface area contributed by atoms with Gasteiger partial charge in [-0.15, -0.1) is 0 Å². The molecule has 0 saturated carbocycles. The summed E-state index contributed by atoms with van der Waals surface area (Å²) in [7, 11) is 1.69. The van der Waals surface area contributed by atoms with Gasteiger partial charge in [-0.1, -0.05) is 24.3 Å². The molecule has 1 aliphatic rings. The number of nitrogens with one attached hydrogen (secondary N) is 2. The average Bonchev–Trinajstić information content (AvgIpc) is 2.69.